The molecule has 2 aliphatic carbocycles. The van der Waals surface area contributed by atoms with Crippen LogP contribution in [0.3, 0.4) is 0 Å². The number of carbonyl (C=O) groups excluding carboxylic acids is 1. The molecular formula is C15H20N2O. The first-order chi connectivity index (χ1) is 8.74. The summed E-state index contributed by atoms with van der Waals surface area (Å²) in [5.41, 5.74) is 7.06. The Balaban J connectivity index is 1.65. The van der Waals surface area contributed by atoms with Gasteiger partial charge in [-0.2, -0.15) is 0 Å². The van der Waals surface area contributed by atoms with E-state index in [1.54, 1.807) is 6.07 Å². The summed E-state index contributed by atoms with van der Waals surface area (Å²) in [7, 11) is 0. The summed E-state index contributed by atoms with van der Waals surface area (Å²) in [6.45, 7) is 0.757. The molecule has 0 radical (unpaired) electrons. The second kappa shape index (κ2) is 4.73. The first-order valence-electron chi connectivity index (χ1n) is 6.85. The Kier molecular flexibility index (Phi) is 3.08. The Labute approximate surface area is 108 Å². The third-order valence-corrected chi connectivity index (χ3v) is 4.58. The van der Waals surface area contributed by atoms with Crippen LogP contribution in [0, 0.1) is 11.8 Å². The van der Waals surface area contributed by atoms with Gasteiger partial charge in [-0.15, -0.1) is 0 Å². The fraction of sp³-hybridized carbons (Fsp3) is 0.533. The molecule has 0 spiro atoms. The molecule has 2 saturated carbocycles. The summed E-state index contributed by atoms with van der Waals surface area (Å²) < 4.78 is 0. The summed E-state index contributed by atoms with van der Waals surface area (Å²) in [6.07, 6.45) is 5.50. The van der Waals surface area contributed by atoms with Gasteiger partial charge in [-0.05, 0) is 42.7 Å². The highest BCUT2D eigenvalue weighted by Gasteiger charge is 2.38. The third-order valence-electron chi connectivity index (χ3n) is 4.58. The maximum atomic E-state index is 11.3. The van der Waals surface area contributed by atoms with Crippen LogP contribution in [0.5, 0.6) is 0 Å². The maximum Gasteiger partial charge on any atom is 0.249 e. The first kappa shape index (κ1) is 11.7. The number of benzene rings is 1. The minimum Gasteiger partial charge on any atom is -0.366 e. The molecule has 0 heterocycles. The van der Waals surface area contributed by atoms with Gasteiger partial charge in [0.1, 0.15) is 0 Å². The van der Waals surface area contributed by atoms with Crippen LogP contribution in [-0.2, 0) is 6.54 Å². The Hall–Kier alpha value is -1.35. The maximum absolute atomic E-state index is 11.3. The molecule has 0 aliphatic heterocycles. The lowest BCUT2D eigenvalue weighted by atomic mass is 9.95. The van der Waals surface area contributed by atoms with Crippen LogP contribution in [0.1, 0.15) is 41.6 Å². The number of amides is 1. The number of primary amides is 1. The van der Waals surface area contributed by atoms with Crippen molar-refractivity contribution in [1.82, 2.24) is 5.32 Å². The van der Waals surface area contributed by atoms with Crippen molar-refractivity contribution in [3.05, 3.63) is 35.4 Å². The highest BCUT2D eigenvalue weighted by atomic mass is 16.1. The van der Waals surface area contributed by atoms with E-state index in [-0.39, 0.29) is 5.91 Å². The van der Waals surface area contributed by atoms with E-state index in [0.29, 0.717) is 11.6 Å². The van der Waals surface area contributed by atoms with Gasteiger partial charge in [0.25, 0.3) is 0 Å². The summed E-state index contributed by atoms with van der Waals surface area (Å²) in [6, 6.07) is 8.26. The molecule has 1 aromatic rings. The van der Waals surface area contributed by atoms with Gasteiger partial charge in [0, 0.05) is 18.2 Å². The van der Waals surface area contributed by atoms with Gasteiger partial charge >= 0.3 is 0 Å². The topological polar surface area (TPSA) is 55.1 Å². The van der Waals surface area contributed by atoms with Crippen LogP contribution in [0.15, 0.2) is 24.3 Å². The molecule has 2 bridgehead atoms. The van der Waals surface area contributed by atoms with Crippen molar-refractivity contribution in [1.29, 1.82) is 0 Å². The average Bonchev–Trinajstić information content (AvgIpc) is 2.98. The average molecular weight is 244 g/mol. The van der Waals surface area contributed by atoms with E-state index in [0.717, 1.165) is 23.9 Å². The molecule has 96 valence electrons. The highest BCUT2D eigenvalue weighted by molar-refractivity contribution is 5.94. The molecule has 3 unspecified atom stereocenters. The van der Waals surface area contributed by atoms with Gasteiger partial charge in [-0.25, -0.2) is 0 Å². The van der Waals surface area contributed by atoms with Gasteiger partial charge in [0.05, 0.1) is 0 Å². The predicted octanol–water partition coefficient (Wildman–Crippen LogP) is 2.06. The number of hydrogen-bond acceptors (Lipinski definition) is 2. The monoisotopic (exact) mass is 244 g/mol. The largest absolute Gasteiger partial charge is 0.366 e. The zero-order chi connectivity index (χ0) is 12.5. The van der Waals surface area contributed by atoms with E-state index < -0.39 is 0 Å². The number of nitrogens with two attached hydrogens (primary N) is 1. The van der Waals surface area contributed by atoms with E-state index in [1.165, 1.54) is 25.7 Å². The lowest BCUT2D eigenvalue weighted by Gasteiger charge is -2.23. The fourth-order valence-electron chi connectivity index (χ4n) is 3.65. The van der Waals surface area contributed by atoms with Gasteiger partial charge in [-0.3, -0.25) is 4.79 Å². The van der Waals surface area contributed by atoms with Crippen LogP contribution >= 0.6 is 0 Å². The van der Waals surface area contributed by atoms with Crippen LogP contribution in [0.2, 0.25) is 0 Å². The SMILES string of the molecule is NC(=O)c1ccccc1CNC1CC2CCC1C2. The quantitative estimate of drug-likeness (QED) is 0.852. The molecule has 0 aromatic heterocycles. The molecule has 1 aromatic carbocycles. The Morgan fingerprint density at radius 3 is 2.78 bits per heavy atom. The third kappa shape index (κ3) is 2.15. The predicted molar refractivity (Wildman–Crippen MR) is 71.0 cm³/mol. The lowest BCUT2D eigenvalue weighted by molar-refractivity contribution is 0.0999. The second-order valence-electron chi connectivity index (χ2n) is 5.68. The van der Waals surface area contributed by atoms with Crippen molar-refractivity contribution in [3.8, 4) is 0 Å². The summed E-state index contributed by atoms with van der Waals surface area (Å²) in [4.78, 5) is 11.3. The summed E-state index contributed by atoms with van der Waals surface area (Å²) in [5.74, 6) is 1.47. The van der Waals surface area contributed by atoms with Crippen LogP contribution in [0.25, 0.3) is 0 Å². The van der Waals surface area contributed by atoms with Gasteiger partial charge in [-0.1, -0.05) is 24.6 Å². The van der Waals surface area contributed by atoms with Crippen LogP contribution in [-0.4, -0.2) is 11.9 Å². The molecule has 3 heteroatoms. The molecule has 2 aliphatic rings. The van der Waals surface area contributed by atoms with Gasteiger partial charge in [0.15, 0.2) is 0 Å². The number of fused-ring (bicyclic) bond motifs is 2. The fourth-order valence-corrected chi connectivity index (χ4v) is 3.65. The van der Waals surface area contributed by atoms with E-state index in [1.807, 2.05) is 18.2 Å². The zero-order valence-electron chi connectivity index (χ0n) is 10.6. The normalized spacial score (nSPS) is 29.7. The zero-order valence-corrected chi connectivity index (χ0v) is 10.6. The molecule has 3 atom stereocenters. The molecule has 3 nitrogen and oxygen atoms in total. The van der Waals surface area contributed by atoms with Crippen molar-refractivity contribution in [2.75, 3.05) is 0 Å². The number of rotatable bonds is 4. The van der Waals surface area contributed by atoms with Crippen molar-refractivity contribution in [2.45, 2.75) is 38.3 Å². The molecule has 3 rings (SSSR count). The number of carbonyl (C=O) groups is 1. The Morgan fingerprint density at radius 2 is 2.11 bits per heavy atom. The van der Waals surface area contributed by atoms with E-state index in [4.69, 9.17) is 5.73 Å². The molecule has 2 fully saturated rings. The second-order valence-corrected chi connectivity index (χ2v) is 5.68. The minimum atomic E-state index is -0.333. The Morgan fingerprint density at radius 1 is 1.28 bits per heavy atom. The summed E-state index contributed by atoms with van der Waals surface area (Å²) in [5, 5.41) is 3.62. The highest BCUT2D eigenvalue weighted by Crippen LogP contribution is 2.44. The molecule has 3 N–H and O–H groups in total. The van der Waals surface area contributed by atoms with Crippen LogP contribution in [0.4, 0.5) is 0 Å². The molecule has 18 heavy (non-hydrogen) atoms. The van der Waals surface area contributed by atoms with Crippen molar-refractivity contribution >= 4 is 5.91 Å². The van der Waals surface area contributed by atoms with E-state index in [2.05, 4.69) is 5.32 Å². The van der Waals surface area contributed by atoms with Gasteiger partial charge in [0.2, 0.25) is 5.91 Å². The smallest absolute Gasteiger partial charge is 0.249 e. The van der Waals surface area contributed by atoms with Crippen molar-refractivity contribution in [3.63, 3.8) is 0 Å². The van der Waals surface area contributed by atoms with E-state index in [9.17, 15) is 4.79 Å². The molecule has 1 amide bonds. The van der Waals surface area contributed by atoms with Crippen molar-refractivity contribution in [2.24, 2.45) is 17.6 Å². The molecular weight excluding hydrogens is 224 g/mol. The molecule has 0 saturated heterocycles. The number of hydrogen-bond donors (Lipinski definition) is 2. The van der Waals surface area contributed by atoms with Gasteiger partial charge < -0.3 is 11.1 Å². The number of nitrogens with one attached hydrogen (secondary N) is 1. The lowest BCUT2D eigenvalue weighted by Crippen LogP contribution is -2.34. The Bertz CT molecular complexity index is 458. The summed E-state index contributed by atoms with van der Waals surface area (Å²) >= 11 is 0. The van der Waals surface area contributed by atoms with Crippen LogP contribution < -0.4 is 11.1 Å². The van der Waals surface area contributed by atoms with E-state index >= 15 is 0 Å². The standard InChI is InChI=1S/C15H20N2O/c16-15(18)13-4-2-1-3-12(13)9-17-14-8-10-5-6-11(14)7-10/h1-4,10-11,14,17H,5-9H2,(H2,16,18). The first-order valence-corrected chi connectivity index (χ1v) is 6.85. The minimum absolute atomic E-state index is 0.333. The van der Waals surface area contributed by atoms with Crippen molar-refractivity contribution < 1.29 is 4.79 Å².